The third kappa shape index (κ3) is 3.25. The largest absolute Gasteiger partial charge is 0.340 e. The zero-order chi connectivity index (χ0) is 20.1. The quantitative estimate of drug-likeness (QED) is 0.667. The van der Waals surface area contributed by atoms with Gasteiger partial charge in [0.25, 0.3) is 11.8 Å². The van der Waals surface area contributed by atoms with Crippen molar-refractivity contribution in [2.45, 2.75) is 37.3 Å². The van der Waals surface area contributed by atoms with E-state index in [1.165, 1.54) is 4.52 Å². The van der Waals surface area contributed by atoms with Crippen LogP contribution >= 0.6 is 22.9 Å². The van der Waals surface area contributed by atoms with E-state index in [4.69, 9.17) is 17.3 Å². The van der Waals surface area contributed by atoms with Gasteiger partial charge < -0.3 is 11.1 Å². The van der Waals surface area contributed by atoms with E-state index in [1.54, 1.807) is 24.4 Å². The molecule has 0 unspecified atom stereocenters. The fraction of sp³-hybridized carbons (Fsp3) is 0.353. The van der Waals surface area contributed by atoms with Crippen molar-refractivity contribution in [1.82, 2.24) is 19.9 Å². The number of aromatic nitrogens is 3. The van der Waals surface area contributed by atoms with Crippen molar-refractivity contribution in [3.8, 4) is 11.3 Å². The highest BCUT2D eigenvalue weighted by Crippen LogP contribution is 2.37. The molecule has 4 rings (SSSR count). The summed E-state index contributed by atoms with van der Waals surface area (Å²) in [5.41, 5.74) is 6.27. The molecule has 3 aromatic rings. The molecule has 3 N–H and O–H groups in total. The molecule has 28 heavy (non-hydrogen) atoms. The molecule has 0 spiro atoms. The number of carbonyl (C=O) groups is 1. The molecular formula is C17H15ClF3N5OS. The first kappa shape index (κ1) is 19.2. The summed E-state index contributed by atoms with van der Waals surface area (Å²) in [4.78, 5) is 16.6. The SMILES string of the molecule is N[C@@H]1CCCC(F)(F)[C@@H]1NC(=O)c1nc(-c2c(F)nn3ccccc23)c(Cl)s1. The van der Waals surface area contributed by atoms with Gasteiger partial charge in [-0.15, -0.1) is 5.10 Å². The van der Waals surface area contributed by atoms with E-state index >= 15 is 0 Å². The van der Waals surface area contributed by atoms with E-state index < -0.39 is 29.9 Å². The summed E-state index contributed by atoms with van der Waals surface area (Å²) in [6, 6.07) is 2.65. The molecule has 0 bridgehead atoms. The number of hydrogen-bond acceptors (Lipinski definition) is 5. The molecule has 1 fully saturated rings. The zero-order valence-electron chi connectivity index (χ0n) is 14.3. The molecule has 0 radical (unpaired) electrons. The van der Waals surface area contributed by atoms with Crippen LogP contribution in [0.15, 0.2) is 24.4 Å². The molecule has 6 nitrogen and oxygen atoms in total. The van der Waals surface area contributed by atoms with Gasteiger partial charge in [0.2, 0.25) is 5.95 Å². The van der Waals surface area contributed by atoms with Crippen LogP contribution in [-0.4, -0.2) is 38.5 Å². The first-order chi connectivity index (χ1) is 13.3. The number of alkyl halides is 2. The number of rotatable bonds is 3. The van der Waals surface area contributed by atoms with Crippen LogP contribution in [0.4, 0.5) is 13.2 Å². The third-order valence-corrected chi connectivity index (χ3v) is 5.98. The number of fused-ring (bicyclic) bond motifs is 1. The van der Waals surface area contributed by atoms with Gasteiger partial charge >= 0.3 is 0 Å². The van der Waals surface area contributed by atoms with Crippen LogP contribution in [-0.2, 0) is 0 Å². The van der Waals surface area contributed by atoms with Gasteiger partial charge in [0, 0.05) is 18.7 Å². The molecule has 0 aliphatic heterocycles. The number of pyridine rings is 1. The predicted molar refractivity (Wildman–Crippen MR) is 99.3 cm³/mol. The van der Waals surface area contributed by atoms with Crippen LogP contribution in [0.1, 0.15) is 29.1 Å². The minimum atomic E-state index is -3.11. The van der Waals surface area contributed by atoms with Gasteiger partial charge in [0.1, 0.15) is 16.1 Å². The number of halogens is 4. The Morgan fingerprint density at radius 2 is 2.21 bits per heavy atom. The third-order valence-electron chi connectivity index (χ3n) is 4.73. The predicted octanol–water partition coefficient (Wildman–Crippen LogP) is 3.50. The van der Waals surface area contributed by atoms with Crippen molar-refractivity contribution in [2.24, 2.45) is 5.73 Å². The molecule has 1 saturated carbocycles. The molecule has 0 aromatic carbocycles. The van der Waals surface area contributed by atoms with Crippen LogP contribution < -0.4 is 11.1 Å². The number of nitrogens with two attached hydrogens (primary N) is 1. The molecule has 1 aliphatic carbocycles. The van der Waals surface area contributed by atoms with Gasteiger partial charge in [-0.3, -0.25) is 4.79 Å². The molecule has 1 amide bonds. The second kappa shape index (κ2) is 7.02. The average molecular weight is 430 g/mol. The Hall–Kier alpha value is -2.17. The van der Waals surface area contributed by atoms with Gasteiger partial charge in [-0.25, -0.2) is 18.3 Å². The lowest BCUT2D eigenvalue weighted by Crippen LogP contribution is -2.59. The topological polar surface area (TPSA) is 85.3 Å². The minimum Gasteiger partial charge on any atom is -0.340 e. The van der Waals surface area contributed by atoms with Crippen molar-refractivity contribution < 1.29 is 18.0 Å². The maximum atomic E-state index is 14.4. The summed E-state index contributed by atoms with van der Waals surface area (Å²) in [5, 5.41) is 5.87. The van der Waals surface area contributed by atoms with Crippen LogP contribution in [0.3, 0.4) is 0 Å². The maximum Gasteiger partial charge on any atom is 0.280 e. The molecule has 3 heterocycles. The number of hydrogen-bond donors (Lipinski definition) is 2. The number of nitrogens with zero attached hydrogens (tertiary/aromatic N) is 3. The van der Waals surface area contributed by atoms with Crippen LogP contribution in [0.25, 0.3) is 16.8 Å². The monoisotopic (exact) mass is 429 g/mol. The van der Waals surface area contributed by atoms with Gasteiger partial charge in [0.05, 0.1) is 11.1 Å². The first-order valence-corrected chi connectivity index (χ1v) is 9.71. The number of amides is 1. The standard InChI is InChI=1S/C17H15ClF3N5OS/c18-13-11(10-9-5-1-2-7-26(9)25-14(10)19)23-16(28-13)15(27)24-12-8(22)4-3-6-17(12,20)21/h1-2,5,7-8,12H,3-4,6,22H2,(H,24,27)/t8-,12-/m1/s1. The fourth-order valence-corrected chi connectivity index (χ4v) is 4.42. The normalized spacial score (nSPS) is 21.8. The summed E-state index contributed by atoms with van der Waals surface area (Å²) >= 11 is 6.96. The van der Waals surface area contributed by atoms with E-state index in [2.05, 4.69) is 15.4 Å². The summed E-state index contributed by atoms with van der Waals surface area (Å²) < 4.78 is 44.0. The molecular weight excluding hydrogens is 415 g/mol. The van der Waals surface area contributed by atoms with E-state index in [-0.39, 0.29) is 27.0 Å². The minimum absolute atomic E-state index is 0.0372. The van der Waals surface area contributed by atoms with Gasteiger partial charge in [-0.05, 0) is 25.0 Å². The summed E-state index contributed by atoms with van der Waals surface area (Å²) in [5.74, 6) is -4.73. The Morgan fingerprint density at radius 3 is 2.96 bits per heavy atom. The molecule has 148 valence electrons. The fourth-order valence-electron chi connectivity index (χ4n) is 3.37. The summed E-state index contributed by atoms with van der Waals surface area (Å²) in [7, 11) is 0. The number of nitrogens with one attached hydrogen (secondary N) is 1. The maximum absolute atomic E-state index is 14.4. The number of thiazole rings is 1. The average Bonchev–Trinajstić information content (AvgIpc) is 3.16. The van der Waals surface area contributed by atoms with Crippen LogP contribution in [0.2, 0.25) is 4.34 Å². The van der Waals surface area contributed by atoms with Crippen molar-refractivity contribution in [3.63, 3.8) is 0 Å². The lowest BCUT2D eigenvalue weighted by atomic mass is 9.87. The summed E-state index contributed by atoms with van der Waals surface area (Å²) in [6.45, 7) is 0. The first-order valence-electron chi connectivity index (χ1n) is 8.52. The van der Waals surface area contributed by atoms with Gasteiger partial charge in [0.15, 0.2) is 5.01 Å². The highest BCUT2D eigenvalue weighted by Gasteiger charge is 2.46. The van der Waals surface area contributed by atoms with E-state index in [1.807, 2.05) is 0 Å². The van der Waals surface area contributed by atoms with Crippen LogP contribution in [0, 0.1) is 5.95 Å². The van der Waals surface area contributed by atoms with E-state index in [9.17, 15) is 18.0 Å². The zero-order valence-corrected chi connectivity index (χ0v) is 15.9. The smallest absolute Gasteiger partial charge is 0.280 e. The van der Waals surface area contributed by atoms with Crippen molar-refractivity contribution >= 4 is 34.4 Å². The Balaban J connectivity index is 1.66. The Morgan fingerprint density at radius 1 is 1.43 bits per heavy atom. The van der Waals surface area contributed by atoms with Crippen molar-refractivity contribution in [2.75, 3.05) is 0 Å². The molecule has 2 atom stereocenters. The molecule has 0 saturated heterocycles. The van der Waals surface area contributed by atoms with Crippen LogP contribution in [0.5, 0.6) is 0 Å². The van der Waals surface area contributed by atoms with Crippen molar-refractivity contribution in [1.29, 1.82) is 0 Å². The second-order valence-corrected chi connectivity index (χ2v) is 8.21. The highest BCUT2D eigenvalue weighted by atomic mass is 35.5. The Bertz CT molecular complexity index is 1050. The molecule has 1 aliphatic rings. The van der Waals surface area contributed by atoms with Crippen molar-refractivity contribution in [3.05, 3.63) is 39.7 Å². The van der Waals surface area contributed by atoms with Gasteiger partial charge in [-0.2, -0.15) is 4.39 Å². The number of carbonyl (C=O) groups excluding carboxylic acids is 1. The highest BCUT2D eigenvalue weighted by molar-refractivity contribution is 7.18. The lowest BCUT2D eigenvalue weighted by Gasteiger charge is -2.36. The molecule has 11 heteroatoms. The van der Waals surface area contributed by atoms with E-state index in [0.717, 1.165) is 11.3 Å². The van der Waals surface area contributed by atoms with Gasteiger partial charge in [-0.1, -0.05) is 29.0 Å². The Kier molecular flexibility index (Phi) is 4.80. The molecule has 3 aromatic heterocycles. The second-order valence-electron chi connectivity index (χ2n) is 6.61. The lowest BCUT2D eigenvalue weighted by molar-refractivity contribution is -0.0674. The van der Waals surface area contributed by atoms with E-state index in [0.29, 0.717) is 18.4 Å². The Labute approximate surface area is 166 Å². The summed E-state index contributed by atoms with van der Waals surface area (Å²) in [6.07, 6.45) is 1.89.